The number of aromatic nitrogens is 3. The third kappa shape index (κ3) is 3.61. The maximum atomic E-state index is 5.95. The molecule has 0 aromatic carbocycles. The number of hydrogen-bond donors (Lipinski definition) is 1. The van der Waals surface area contributed by atoms with E-state index in [1.54, 1.807) is 6.20 Å². The van der Waals surface area contributed by atoms with Crippen molar-refractivity contribution in [2.45, 2.75) is 45.6 Å². The second kappa shape index (κ2) is 5.48. The third-order valence-corrected chi connectivity index (χ3v) is 2.98. The number of pyridine rings is 1. The van der Waals surface area contributed by atoms with E-state index in [-0.39, 0.29) is 5.54 Å². The molecule has 2 rings (SSSR count). The topological polar surface area (TPSA) is 77.8 Å². The van der Waals surface area contributed by atoms with Crippen LogP contribution >= 0.6 is 0 Å². The van der Waals surface area contributed by atoms with E-state index in [2.05, 4.69) is 22.0 Å². The smallest absolute Gasteiger partial charge is 0.227 e. The maximum Gasteiger partial charge on any atom is 0.227 e. The lowest BCUT2D eigenvalue weighted by Crippen LogP contribution is -2.32. The minimum absolute atomic E-state index is 0.222. The zero-order valence-corrected chi connectivity index (χ0v) is 11.7. The van der Waals surface area contributed by atoms with Crippen molar-refractivity contribution in [3.63, 3.8) is 0 Å². The zero-order chi connectivity index (χ0) is 13.9. The lowest BCUT2D eigenvalue weighted by molar-refractivity contribution is 0.358. The Labute approximate surface area is 113 Å². The fourth-order valence-corrected chi connectivity index (χ4v) is 1.82. The average Bonchev–Trinajstić information content (AvgIpc) is 2.84. The van der Waals surface area contributed by atoms with Gasteiger partial charge in [0, 0.05) is 29.9 Å². The van der Waals surface area contributed by atoms with Crippen LogP contribution in [-0.2, 0) is 12.8 Å². The van der Waals surface area contributed by atoms with Crippen LogP contribution in [0.2, 0.25) is 0 Å². The van der Waals surface area contributed by atoms with Gasteiger partial charge in [-0.25, -0.2) is 0 Å². The third-order valence-electron chi connectivity index (χ3n) is 2.98. The summed E-state index contributed by atoms with van der Waals surface area (Å²) in [5.74, 6) is 1.26. The van der Waals surface area contributed by atoms with E-state index in [4.69, 9.17) is 10.3 Å². The van der Waals surface area contributed by atoms with Crippen molar-refractivity contribution in [1.82, 2.24) is 15.1 Å². The van der Waals surface area contributed by atoms with Gasteiger partial charge < -0.3 is 10.3 Å². The first-order valence-electron chi connectivity index (χ1n) is 6.54. The minimum atomic E-state index is -0.222. The molecule has 0 spiro atoms. The zero-order valence-electron chi connectivity index (χ0n) is 11.7. The lowest BCUT2D eigenvalue weighted by Gasteiger charge is -2.16. The summed E-state index contributed by atoms with van der Waals surface area (Å²) in [6.07, 6.45) is 5.99. The molecule has 2 N–H and O–H groups in total. The van der Waals surface area contributed by atoms with E-state index in [1.165, 1.54) is 0 Å². The molecule has 5 nitrogen and oxygen atoms in total. The van der Waals surface area contributed by atoms with Crippen molar-refractivity contribution in [3.8, 4) is 11.4 Å². The van der Waals surface area contributed by atoms with E-state index >= 15 is 0 Å². The van der Waals surface area contributed by atoms with Gasteiger partial charge in [-0.05, 0) is 38.3 Å². The van der Waals surface area contributed by atoms with Crippen LogP contribution in [0.25, 0.3) is 11.4 Å². The molecule has 2 aromatic heterocycles. The van der Waals surface area contributed by atoms with Crippen LogP contribution in [0.5, 0.6) is 0 Å². The quantitative estimate of drug-likeness (QED) is 0.892. The lowest BCUT2D eigenvalue weighted by atomic mass is 10.0. The number of nitrogens with zero attached hydrogens (tertiary/aromatic N) is 3. The van der Waals surface area contributed by atoms with Gasteiger partial charge >= 0.3 is 0 Å². The molecule has 0 saturated carbocycles. The van der Waals surface area contributed by atoms with Crippen LogP contribution in [0.15, 0.2) is 23.0 Å². The van der Waals surface area contributed by atoms with Gasteiger partial charge in [-0.3, -0.25) is 4.98 Å². The number of aryl methyl sites for hydroxylation is 2. The second-order valence-electron chi connectivity index (χ2n) is 5.39. The van der Waals surface area contributed by atoms with Gasteiger partial charge in [-0.2, -0.15) is 4.98 Å². The van der Waals surface area contributed by atoms with Crippen LogP contribution in [0.4, 0.5) is 0 Å². The predicted molar refractivity (Wildman–Crippen MR) is 73.5 cm³/mol. The standard InChI is InChI=1S/C14H20N4O/c1-4-10-9-16-8-6-11(10)13-17-12(19-18-13)5-7-14(2,3)15/h6,8-9H,4-5,7,15H2,1-3H3. The minimum Gasteiger partial charge on any atom is -0.339 e. The van der Waals surface area contributed by atoms with Crippen molar-refractivity contribution in [2.24, 2.45) is 5.73 Å². The largest absolute Gasteiger partial charge is 0.339 e. The van der Waals surface area contributed by atoms with Crippen molar-refractivity contribution in [1.29, 1.82) is 0 Å². The highest BCUT2D eigenvalue weighted by molar-refractivity contribution is 5.58. The molecule has 0 aliphatic rings. The van der Waals surface area contributed by atoms with Gasteiger partial charge in [0.15, 0.2) is 0 Å². The summed E-state index contributed by atoms with van der Waals surface area (Å²) in [7, 11) is 0. The Hall–Kier alpha value is -1.75. The number of hydrogen-bond acceptors (Lipinski definition) is 5. The molecule has 0 aliphatic carbocycles. The van der Waals surface area contributed by atoms with E-state index in [0.717, 1.165) is 24.0 Å². The Kier molecular flexibility index (Phi) is 3.95. The highest BCUT2D eigenvalue weighted by Gasteiger charge is 2.15. The van der Waals surface area contributed by atoms with Crippen molar-refractivity contribution >= 4 is 0 Å². The summed E-state index contributed by atoms with van der Waals surface area (Å²) in [6, 6.07) is 1.92. The SMILES string of the molecule is CCc1cnccc1-c1noc(CCC(C)(C)N)n1. The van der Waals surface area contributed by atoms with Gasteiger partial charge in [-0.1, -0.05) is 12.1 Å². The Balaban J connectivity index is 2.17. The molecule has 0 amide bonds. The van der Waals surface area contributed by atoms with Gasteiger partial charge in [0.25, 0.3) is 0 Å². The summed E-state index contributed by atoms with van der Waals surface area (Å²) < 4.78 is 5.28. The van der Waals surface area contributed by atoms with E-state index in [1.807, 2.05) is 26.1 Å². The van der Waals surface area contributed by atoms with E-state index in [9.17, 15) is 0 Å². The first-order valence-corrected chi connectivity index (χ1v) is 6.54. The molecular formula is C14H20N4O. The Morgan fingerprint density at radius 1 is 1.37 bits per heavy atom. The molecular weight excluding hydrogens is 240 g/mol. The number of nitrogens with two attached hydrogens (primary N) is 1. The van der Waals surface area contributed by atoms with Crippen LogP contribution in [0.3, 0.4) is 0 Å². The highest BCUT2D eigenvalue weighted by Crippen LogP contribution is 2.21. The fraction of sp³-hybridized carbons (Fsp3) is 0.500. The van der Waals surface area contributed by atoms with Gasteiger partial charge in [0.1, 0.15) is 0 Å². The summed E-state index contributed by atoms with van der Waals surface area (Å²) in [4.78, 5) is 8.55. The molecule has 102 valence electrons. The van der Waals surface area contributed by atoms with Gasteiger partial charge in [0.2, 0.25) is 11.7 Å². The van der Waals surface area contributed by atoms with E-state index < -0.39 is 0 Å². The van der Waals surface area contributed by atoms with Crippen LogP contribution < -0.4 is 5.73 Å². The molecule has 0 bridgehead atoms. The molecule has 0 aliphatic heterocycles. The molecule has 0 atom stereocenters. The van der Waals surface area contributed by atoms with Gasteiger partial charge in [-0.15, -0.1) is 0 Å². The molecule has 5 heteroatoms. The Morgan fingerprint density at radius 3 is 2.84 bits per heavy atom. The molecule has 0 fully saturated rings. The van der Waals surface area contributed by atoms with Crippen LogP contribution in [-0.4, -0.2) is 20.7 Å². The van der Waals surface area contributed by atoms with Crippen molar-refractivity contribution in [3.05, 3.63) is 29.9 Å². The molecule has 0 saturated heterocycles. The normalized spacial score (nSPS) is 11.8. The van der Waals surface area contributed by atoms with Gasteiger partial charge in [0.05, 0.1) is 0 Å². The average molecular weight is 260 g/mol. The highest BCUT2D eigenvalue weighted by atomic mass is 16.5. The summed E-state index contributed by atoms with van der Waals surface area (Å²) >= 11 is 0. The number of rotatable bonds is 5. The first-order chi connectivity index (χ1) is 8.99. The molecule has 2 heterocycles. The second-order valence-corrected chi connectivity index (χ2v) is 5.39. The van der Waals surface area contributed by atoms with E-state index in [0.29, 0.717) is 18.1 Å². The van der Waals surface area contributed by atoms with Crippen molar-refractivity contribution in [2.75, 3.05) is 0 Å². The Morgan fingerprint density at radius 2 is 2.16 bits per heavy atom. The van der Waals surface area contributed by atoms with Crippen molar-refractivity contribution < 1.29 is 4.52 Å². The predicted octanol–water partition coefficient (Wildman–Crippen LogP) is 2.36. The summed E-state index contributed by atoms with van der Waals surface area (Å²) in [5.41, 5.74) is 7.83. The molecule has 0 radical (unpaired) electrons. The molecule has 2 aromatic rings. The molecule has 0 unspecified atom stereocenters. The first kappa shape index (κ1) is 13.7. The summed E-state index contributed by atoms with van der Waals surface area (Å²) in [5, 5.41) is 4.04. The maximum absolute atomic E-state index is 5.95. The van der Waals surface area contributed by atoms with Crippen LogP contribution in [0.1, 0.15) is 38.6 Å². The fourth-order valence-electron chi connectivity index (χ4n) is 1.82. The molecule has 19 heavy (non-hydrogen) atoms. The Bertz CT molecular complexity index is 542. The van der Waals surface area contributed by atoms with Crippen LogP contribution in [0, 0.1) is 0 Å². The summed E-state index contributed by atoms with van der Waals surface area (Å²) in [6.45, 7) is 6.06. The monoisotopic (exact) mass is 260 g/mol.